The first-order valence-electron chi connectivity index (χ1n) is 8.07. The lowest BCUT2D eigenvalue weighted by Crippen LogP contribution is -2.54. The van der Waals surface area contributed by atoms with E-state index in [0.717, 1.165) is 36.3 Å². The number of nitrogens with one attached hydrogen (secondary N) is 1. The fraction of sp³-hybridized carbons (Fsp3) is 0.389. The van der Waals surface area contributed by atoms with Gasteiger partial charge in [0, 0.05) is 11.3 Å². The van der Waals surface area contributed by atoms with Gasteiger partial charge in [0.15, 0.2) is 0 Å². The van der Waals surface area contributed by atoms with Crippen molar-refractivity contribution >= 4 is 11.9 Å². The van der Waals surface area contributed by atoms with Crippen LogP contribution < -0.4 is 5.32 Å². The normalized spacial score (nSPS) is 15.6. The van der Waals surface area contributed by atoms with E-state index in [1.165, 1.54) is 0 Å². The summed E-state index contributed by atoms with van der Waals surface area (Å²) in [5.74, 6) is -1.11. The molecule has 6 nitrogen and oxygen atoms in total. The first-order chi connectivity index (χ1) is 11.4. The fourth-order valence-electron chi connectivity index (χ4n) is 3.20. The molecule has 0 saturated heterocycles. The molecule has 1 fully saturated rings. The molecule has 0 unspecified atom stereocenters. The number of benzene rings is 1. The number of aryl methyl sites for hydroxylation is 2. The van der Waals surface area contributed by atoms with E-state index in [4.69, 9.17) is 5.11 Å². The van der Waals surface area contributed by atoms with Crippen LogP contribution in [0.3, 0.4) is 0 Å². The van der Waals surface area contributed by atoms with Crippen LogP contribution in [-0.2, 0) is 4.79 Å². The molecule has 1 aliphatic rings. The average molecular weight is 327 g/mol. The predicted octanol–water partition coefficient (Wildman–Crippen LogP) is 2.62. The Morgan fingerprint density at radius 1 is 1.25 bits per heavy atom. The number of hydrogen-bond donors (Lipinski definition) is 2. The molecule has 1 aromatic carbocycles. The van der Waals surface area contributed by atoms with Crippen LogP contribution >= 0.6 is 0 Å². The monoisotopic (exact) mass is 327 g/mol. The van der Waals surface area contributed by atoms with E-state index in [1.54, 1.807) is 12.1 Å². The number of carboxylic acids is 1. The molecular formula is C18H21N3O3. The number of amides is 1. The van der Waals surface area contributed by atoms with E-state index in [2.05, 4.69) is 10.4 Å². The molecule has 0 spiro atoms. The Balaban J connectivity index is 1.74. The largest absolute Gasteiger partial charge is 0.481 e. The predicted molar refractivity (Wildman–Crippen MR) is 89.3 cm³/mol. The number of carbonyl (C=O) groups is 2. The van der Waals surface area contributed by atoms with E-state index in [-0.39, 0.29) is 12.3 Å². The third-order valence-corrected chi connectivity index (χ3v) is 4.56. The summed E-state index contributed by atoms with van der Waals surface area (Å²) in [5, 5.41) is 16.4. The second-order valence-corrected chi connectivity index (χ2v) is 6.54. The SMILES string of the molecule is Cc1cc(C)n(-c2ccc(C(=O)NC3(CC(=O)O)CCC3)cc2)n1. The molecule has 1 heterocycles. The van der Waals surface area contributed by atoms with Crippen molar-refractivity contribution in [3.63, 3.8) is 0 Å². The number of carbonyl (C=O) groups excluding carboxylic acids is 1. The number of hydrogen-bond acceptors (Lipinski definition) is 3. The molecule has 3 rings (SSSR count). The van der Waals surface area contributed by atoms with Crippen LogP contribution in [0.25, 0.3) is 5.69 Å². The molecule has 0 bridgehead atoms. The molecule has 0 atom stereocenters. The first kappa shape index (κ1) is 16.2. The maximum absolute atomic E-state index is 12.4. The Labute approximate surface area is 140 Å². The number of carboxylic acid groups (broad SMARTS) is 1. The molecule has 0 radical (unpaired) electrons. The van der Waals surface area contributed by atoms with Crippen LogP contribution in [0.5, 0.6) is 0 Å². The van der Waals surface area contributed by atoms with Crippen molar-refractivity contribution in [1.82, 2.24) is 15.1 Å². The van der Waals surface area contributed by atoms with Crippen LogP contribution in [0.1, 0.15) is 47.4 Å². The van der Waals surface area contributed by atoms with Gasteiger partial charge in [-0.1, -0.05) is 0 Å². The van der Waals surface area contributed by atoms with Gasteiger partial charge in [-0.25, -0.2) is 4.68 Å². The van der Waals surface area contributed by atoms with Crippen molar-refractivity contribution in [3.8, 4) is 5.69 Å². The summed E-state index contributed by atoms with van der Waals surface area (Å²) in [4.78, 5) is 23.4. The van der Waals surface area contributed by atoms with Crippen molar-refractivity contribution in [2.75, 3.05) is 0 Å². The Morgan fingerprint density at radius 3 is 2.38 bits per heavy atom. The lowest BCUT2D eigenvalue weighted by molar-refractivity contribution is -0.139. The highest BCUT2D eigenvalue weighted by Crippen LogP contribution is 2.35. The van der Waals surface area contributed by atoms with Gasteiger partial charge in [0.2, 0.25) is 0 Å². The highest BCUT2D eigenvalue weighted by atomic mass is 16.4. The lowest BCUT2D eigenvalue weighted by atomic mass is 9.74. The minimum atomic E-state index is -0.880. The van der Waals surface area contributed by atoms with Crippen molar-refractivity contribution in [1.29, 1.82) is 0 Å². The second kappa shape index (κ2) is 6.11. The molecule has 1 amide bonds. The zero-order valence-corrected chi connectivity index (χ0v) is 13.9. The van der Waals surface area contributed by atoms with Crippen molar-refractivity contribution in [3.05, 3.63) is 47.3 Å². The van der Waals surface area contributed by atoms with Gasteiger partial charge in [-0.15, -0.1) is 0 Å². The fourth-order valence-corrected chi connectivity index (χ4v) is 3.20. The Kier molecular flexibility index (Phi) is 4.13. The Morgan fingerprint density at radius 2 is 1.92 bits per heavy atom. The first-order valence-corrected chi connectivity index (χ1v) is 8.07. The molecule has 24 heavy (non-hydrogen) atoms. The van der Waals surface area contributed by atoms with Gasteiger partial charge in [0.25, 0.3) is 5.91 Å². The molecule has 1 aromatic heterocycles. The van der Waals surface area contributed by atoms with Crippen molar-refractivity contribution < 1.29 is 14.7 Å². The highest BCUT2D eigenvalue weighted by Gasteiger charge is 2.40. The zero-order chi connectivity index (χ0) is 17.3. The van der Waals surface area contributed by atoms with Gasteiger partial charge in [-0.3, -0.25) is 9.59 Å². The minimum Gasteiger partial charge on any atom is -0.481 e. The van der Waals surface area contributed by atoms with Crippen molar-refractivity contribution in [2.24, 2.45) is 0 Å². The molecule has 6 heteroatoms. The maximum Gasteiger partial charge on any atom is 0.305 e. The molecular weight excluding hydrogens is 306 g/mol. The van der Waals surface area contributed by atoms with E-state index < -0.39 is 11.5 Å². The smallest absolute Gasteiger partial charge is 0.305 e. The van der Waals surface area contributed by atoms with E-state index in [0.29, 0.717) is 5.56 Å². The van der Waals surface area contributed by atoms with Crippen LogP contribution in [0.2, 0.25) is 0 Å². The Bertz CT molecular complexity index is 773. The van der Waals surface area contributed by atoms with Crippen LogP contribution in [-0.4, -0.2) is 32.3 Å². The quantitative estimate of drug-likeness (QED) is 0.884. The molecule has 1 saturated carbocycles. The molecule has 2 N–H and O–H groups in total. The summed E-state index contributed by atoms with van der Waals surface area (Å²) < 4.78 is 1.83. The van der Waals surface area contributed by atoms with E-state index in [9.17, 15) is 9.59 Å². The van der Waals surface area contributed by atoms with E-state index >= 15 is 0 Å². The molecule has 126 valence electrons. The number of aliphatic carboxylic acids is 1. The standard InChI is InChI=1S/C18H21N3O3/c1-12-10-13(2)21(20-12)15-6-4-14(5-7-15)17(24)19-18(8-3-9-18)11-16(22)23/h4-7,10H,3,8-9,11H2,1-2H3,(H,19,24)(H,22,23). The molecule has 1 aliphatic carbocycles. The maximum atomic E-state index is 12.4. The summed E-state index contributed by atoms with van der Waals surface area (Å²) in [6.07, 6.45) is 2.36. The summed E-state index contributed by atoms with van der Waals surface area (Å²) in [6.45, 7) is 3.92. The van der Waals surface area contributed by atoms with Gasteiger partial charge < -0.3 is 10.4 Å². The van der Waals surface area contributed by atoms with Crippen LogP contribution in [0.15, 0.2) is 30.3 Å². The van der Waals surface area contributed by atoms with E-state index in [1.807, 2.05) is 36.7 Å². The molecule has 2 aromatic rings. The van der Waals surface area contributed by atoms with Gasteiger partial charge in [-0.05, 0) is 63.4 Å². The zero-order valence-electron chi connectivity index (χ0n) is 13.9. The van der Waals surface area contributed by atoms with Gasteiger partial charge in [0.05, 0.1) is 23.3 Å². The third-order valence-electron chi connectivity index (χ3n) is 4.56. The van der Waals surface area contributed by atoms with Crippen LogP contribution in [0, 0.1) is 13.8 Å². The number of rotatable bonds is 5. The summed E-state index contributed by atoms with van der Waals surface area (Å²) in [5.41, 5.74) is 2.80. The third kappa shape index (κ3) is 3.18. The average Bonchev–Trinajstić information content (AvgIpc) is 2.83. The summed E-state index contributed by atoms with van der Waals surface area (Å²) in [6, 6.07) is 9.17. The summed E-state index contributed by atoms with van der Waals surface area (Å²) >= 11 is 0. The van der Waals surface area contributed by atoms with Crippen molar-refractivity contribution in [2.45, 2.75) is 45.1 Å². The lowest BCUT2D eigenvalue weighted by Gasteiger charge is -2.41. The topological polar surface area (TPSA) is 84.2 Å². The van der Waals surface area contributed by atoms with Gasteiger partial charge in [0.1, 0.15) is 0 Å². The highest BCUT2D eigenvalue weighted by molar-refractivity contribution is 5.95. The van der Waals surface area contributed by atoms with Crippen LogP contribution in [0.4, 0.5) is 0 Å². The minimum absolute atomic E-state index is 0.0252. The second-order valence-electron chi connectivity index (χ2n) is 6.54. The van der Waals surface area contributed by atoms with Gasteiger partial charge in [-0.2, -0.15) is 5.10 Å². The number of aromatic nitrogens is 2. The Hall–Kier alpha value is -2.63. The molecule has 0 aliphatic heterocycles. The number of nitrogens with zero attached hydrogens (tertiary/aromatic N) is 2. The van der Waals surface area contributed by atoms with Gasteiger partial charge >= 0.3 is 5.97 Å². The summed E-state index contributed by atoms with van der Waals surface area (Å²) in [7, 11) is 0.